The zero-order chi connectivity index (χ0) is 22.9. The van der Waals surface area contributed by atoms with Crippen LogP contribution in [0.5, 0.6) is 0 Å². The Labute approximate surface area is 191 Å². The van der Waals surface area contributed by atoms with Crippen LogP contribution in [0.4, 0.5) is 0 Å². The number of nitrogens with zero attached hydrogens (tertiary/aromatic N) is 3. The van der Waals surface area contributed by atoms with Crippen molar-refractivity contribution >= 4 is 44.8 Å². The van der Waals surface area contributed by atoms with Gasteiger partial charge in [0, 0.05) is 17.8 Å². The number of benzene rings is 2. The Kier molecular flexibility index (Phi) is 5.15. The Morgan fingerprint density at radius 1 is 0.879 bits per heavy atom. The SMILES string of the molecule is Cn1nc(C(=O)NNC(=O)c2cc(-c3cccs3)nc3ccccc23)c2ccccc2c1=O. The molecule has 162 valence electrons. The molecule has 5 rings (SSSR count). The third-order valence-electron chi connectivity index (χ3n) is 5.20. The molecule has 3 aromatic heterocycles. The minimum absolute atomic E-state index is 0.0341. The van der Waals surface area contributed by atoms with E-state index < -0.39 is 11.8 Å². The predicted octanol–water partition coefficient (Wildman–Crippen LogP) is 3.29. The maximum atomic E-state index is 13.1. The minimum Gasteiger partial charge on any atom is -0.267 e. The number of carbonyl (C=O) groups excluding carboxylic acids is 2. The van der Waals surface area contributed by atoms with E-state index in [1.54, 1.807) is 36.4 Å². The fourth-order valence-electron chi connectivity index (χ4n) is 3.62. The number of rotatable bonds is 3. The third kappa shape index (κ3) is 3.74. The van der Waals surface area contributed by atoms with Gasteiger partial charge in [-0.05, 0) is 29.6 Å². The Hall–Kier alpha value is -4.37. The van der Waals surface area contributed by atoms with Gasteiger partial charge in [-0.2, -0.15) is 5.10 Å². The van der Waals surface area contributed by atoms with E-state index in [-0.39, 0.29) is 11.3 Å². The average Bonchev–Trinajstić information content (AvgIpc) is 3.39. The highest BCUT2D eigenvalue weighted by atomic mass is 32.1. The van der Waals surface area contributed by atoms with E-state index in [9.17, 15) is 14.4 Å². The van der Waals surface area contributed by atoms with E-state index in [4.69, 9.17) is 0 Å². The third-order valence-corrected chi connectivity index (χ3v) is 6.09. The number of nitrogens with one attached hydrogen (secondary N) is 2. The highest BCUT2D eigenvalue weighted by Gasteiger charge is 2.18. The summed E-state index contributed by atoms with van der Waals surface area (Å²) in [5, 5.41) is 7.46. The molecule has 0 unspecified atom stereocenters. The Morgan fingerprint density at radius 2 is 1.58 bits per heavy atom. The lowest BCUT2D eigenvalue weighted by Crippen LogP contribution is -2.42. The van der Waals surface area contributed by atoms with Gasteiger partial charge in [0.05, 0.1) is 27.0 Å². The van der Waals surface area contributed by atoms with Crippen LogP contribution in [0.2, 0.25) is 0 Å². The predicted molar refractivity (Wildman–Crippen MR) is 127 cm³/mol. The van der Waals surface area contributed by atoms with Crippen LogP contribution < -0.4 is 16.4 Å². The number of hydrogen-bond donors (Lipinski definition) is 2. The normalized spacial score (nSPS) is 10.9. The van der Waals surface area contributed by atoms with E-state index in [2.05, 4.69) is 20.9 Å². The number of thiophene rings is 1. The van der Waals surface area contributed by atoms with Gasteiger partial charge < -0.3 is 0 Å². The smallest absolute Gasteiger partial charge is 0.267 e. The second-order valence-corrected chi connectivity index (χ2v) is 8.23. The number of para-hydroxylation sites is 1. The second kappa shape index (κ2) is 8.29. The van der Waals surface area contributed by atoms with Crippen molar-refractivity contribution in [2.75, 3.05) is 0 Å². The number of carbonyl (C=O) groups is 2. The number of hydrazine groups is 1. The average molecular weight is 455 g/mol. The maximum Gasteiger partial charge on any atom is 0.290 e. The van der Waals surface area contributed by atoms with Gasteiger partial charge in [0.15, 0.2) is 5.69 Å². The van der Waals surface area contributed by atoms with Gasteiger partial charge in [-0.1, -0.05) is 42.5 Å². The Balaban J connectivity index is 1.47. The molecule has 0 saturated heterocycles. The number of aryl methyl sites for hydroxylation is 1. The van der Waals surface area contributed by atoms with Gasteiger partial charge in [0.1, 0.15) is 0 Å². The topological polar surface area (TPSA) is 106 Å². The quantitative estimate of drug-likeness (QED) is 0.406. The summed E-state index contributed by atoms with van der Waals surface area (Å²) in [5.74, 6) is -1.12. The lowest BCUT2D eigenvalue weighted by molar-refractivity contribution is 0.0844. The van der Waals surface area contributed by atoms with Crippen LogP contribution in [-0.2, 0) is 7.05 Å². The molecule has 0 radical (unpaired) electrons. The van der Waals surface area contributed by atoms with E-state index in [0.29, 0.717) is 32.9 Å². The largest absolute Gasteiger partial charge is 0.290 e. The van der Waals surface area contributed by atoms with Crippen LogP contribution >= 0.6 is 11.3 Å². The lowest BCUT2D eigenvalue weighted by Gasteiger charge is -2.12. The van der Waals surface area contributed by atoms with Crippen LogP contribution in [0.1, 0.15) is 20.8 Å². The lowest BCUT2D eigenvalue weighted by atomic mass is 10.1. The second-order valence-electron chi connectivity index (χ2n) is 7.28. The van der Waals surface area contributed by atoms with E-state index in [0.717, 1.165) is 9.56 Å². The molecule has 0 spiro atoms. The molecule has 0 saturated carbocycles. The molecule has 2 N–H and O–H groups in total. The van der Waals surface area contributed by atoms with E-state index in [1.807, 2.05) is 35.7 Å². The number of fused-ring (bicyclic) bond motifs is 2. The Morgan fingerprint density at radius 3 is 2.33 bits per heavy atom. The van der Waals surface area contributed by atoms with E-state index >= 15 is 0 Å². The molecular weight excluding hydrogens is 438 g/mol. The first kappa shape index (κ1) is 20.5. The fraction of sp³-hybridized carbons (Fsp3) is 0.0417. The zero-order valence-corrected chi connectivity index (χ0v) is 18.2. The highest BCUT2D eigenvalue weighted by Crippen LogP contribution is 2.27. The van der Waals surface area contributed by atoms with Crippen LogP contribution in [0, 0.1) is 0 Å². The molecule has 2 aromatic carbocycles. The number of aromatic nitrogens is 3. The molecule has 0 atom stereocenters. The van der Waals surface area contributed by atoms with Crippen molar-refractivity contribution in [3.05, 3.63) is 93.7 Å². The van der Waals surface area contributed by atoms with Crippen molar-refractivity contribution in [3.8, 4) is 10.6 Å². The summed E-state index contributed by atoms with van der Waals surface area (Å²) in [6.07, 6.45) is 0. The van der Waals surface area contributed by atoms with Crippen LogP contribution in [-0.4, -0.2) is 26.6 Å². The van der Waals surface area contributed by atoms with Crippen LogP contribution in [0.15, 0.2) is 76.9 Å². The van der Waals surface area contributed by atoms with Crippen molar-refractivity contribution in [1.29, 1.82) is 0 Å². The first-order valence-corrected chi connectivity index (χ1v) is 10.9. The summed E-state index contributed by atoms with van der Waals surface area (Å²) < 4.78 is 1.10. The molecule has 8 nitrogen and oxygen atoms in total. The van der Waals surface area contributed by atoms with Gasteiger partial charge in [-0.25, -0.2) is 9.67 Å². The summed E-state index contributed by atoms with van der Waals surface area (Å²) in [7, 11) is 1.47. The summed E-state index contributed by atoms with van der Waals surface area (Å²) >= 11 is 1.52. The molecule has 0 fully saturated rings. The molecule has 33 heavy (non-hydrogen) atoms. The molecule has 9 heteroatoms. The van der Waals surface area contributed by atoms with Gasteiger partial charge in [-0.15, -0.1) is 11.3 Å². The molecule has 0 bridgehead atoms. The molecule has 3 heterocycles. The van der Waals surface area contributed by atoms with E-state index in [1.165, 1.54) is 18.4 Å². The number of hydrogen-bond acceptors (Lipinski definition) is 6. The summed E-state index contributed by atoms with van der Waals surface area (Å²) in [5.41, 5.74) is 6.34. The van der Waals surface area contributed by atoms with Crippen molar-refractivity contribution < 1.29 is 9.59 Å². The fourth-order valence-corrected chi connectivity index (χ4v) is 4.31. The summed E-state index contributed by atoms with van der Waals surface area (Å²) in [4.78, 5) is 43.8. The first-order valence-electron chi connectivity index (χ1n) is 10.0. The van der Waals surface area contributed by atoms with Crippen molar-refractivity contribution in [3.63, 3.8) is 0 Å². The van der Waals surface area contributed by atoms with Crippen molar-refractivity contribution in [1.82, 2.24) is 25.6 Å². The van der Waals surface area contributed by atoms with Gasteiger partial charge >= 0.3 is 0 Å². The molecule has 0 aliphatic rings. The standard InChI is InChI=1S/C24H17N5O3S/c1-29-24(32)16-9-3-2-8-15(16)21(28-29)23(31)27-26-22(30)17-13-19(20-11-6-12-33-20)25-18-10-5-4-7-14(17)18/h2-13H,1H3,(H,26,30)(H,27,31). The molecule has 5 aromatic rings. The molecule has 0 aliphatic carbocycles. The molecule has 0 aliphatic heterocycles. The Bertz CT molecular complexity index is 1590. The number of pyridine rings is 1. The molecular formula is C24H17N5O3S. The van der Waals surface area contributed by atoms with Crippen LogP contribution in [0.3, 0.4) is 0 Å². The van der Waals surface area contributed by atoms with Crippen LogP contribution in [0.25, 0.3) is 32.2 Å². The van der Waals surface area contributed by atoms with Crippen molar-refractivity contribution in [2.24, 2.45) is 7.05 Å². The number of amides is 2. The first-order chi connectivity index (χ1) is 16.0. The zero-order valence-electron chi connectivity index (χ0n) is 17.4. The van der Waals surface area contributed by atoms with Crippen molar-refractivity contribution in [2.45, 2.75) is 0 Å². The maximum absolute atomic E-state index is 13.1. The van der Waals surface area contributed by atoms with Gasteiger partial charge in [-0.3, -0.25) is 25.2 Å². The molecule has 2 amide bonds. The summed E-state index contributed by atoms with van der Waals surface area (Å²) in [6, 6.07) is 19.6. The monoisotopic (exact) mass is 455 g/mol. The van der Waals surface area contributed by atoms with Gasteiger partial charge in [0.2, 0.25) is 0 Å². The van der Waals surface area contributed by atoms with Gasteiger partial charge in [0.25, 0.3) is 17.4 Å². The summed E-state index contributed by atoms with van der Waals surface area (Å²) in [6.45, 7) is 0. The minimum atomic E-state index is -0.632. The highest BCUT2D eigenvalue weighted by molar-refractivity contribution is 7.13.